The maximum Gasteiger partial charge on any atom is 0.321 e. The van der Waals surface area contributed by atoms with E-state index in [1.54, 1.807) is 17.8 Å². The van der Waals surface area contributed by atoms with Crippen LogP contribution < -0.4 is 5.32 Å². The minimum atomic E-state index is -0.159. The summed E-state index contributed by atoms with van der Waals surface area (Å²) in [5, 5.41) is 3.07. The third kappa shape index (κ3) is 4.34. The van der Waals surface area contributed by atoms with E-state index in [4.69, 9.17) is 0 Å². The highest BCUT2D eigenvalue weighted by Gasteiger charge is 2.23. The zero-order valence-electron chi connectivity index (χ0n) is 14.6. The summed E-state index contributed by atoms with van der Waals surface area (Å²) >= 11 is 1.72. The minimum absolute atomic E-state index is 0.0852. The van der Waals surface area contributed by atoms with Crippen molar-refractivity contribution in [2.45, 2.75) is 25.5 Å². The summed E-state index contributed by atoms with van der Waals surface area (Å²) in [6, 6.07) is 12.8. The fourth-order valence-corrected chi connectivity index (χ4v) is 4.23. The second-order valence-electron chi connectivity index (χ2n) is 6.39. The molecular formula is C20H23FN2OS. The second-order valence-corrected chi connectivity index (χ2v) is 7.70. The zero-order valence-corrected chi connectivity index (χ0v) is 15.4. The number of aryl methyl sites for hydroxylation is 2. The molecule has 0 spiro atoms. The smallest absolute Gasteiger partial charge is 0.321 e. The Bertz CT molecular complexity index is 765. The van der Waals surface area contributed by atoms with Gasteiger partial charge >= 0.3 is 6.03 Å². The van der Waals surface area contributed by atoms with Gasteiger partial charge in [0.25, 0.3) is 0 Å². The number of urea groups is 1. The fourth-order valence-electron chi connectivity index (χ4n) is 2.98. The Balaban J connectivity index is 1.63. The molecular weight excluding hydrogens is 335 g/mol. The average molecular weight is 358 g/mol. The standard InChI is InChI=1S/C20H23FN2OS/c1-14-7-8-16(13-15(14)2)22-20(24)23-10-9-19(25-12-11-23)17-5-3-4-6-18(17)21/h3-8,13,19H,9-12H2,1-2H3,(H,22,24). The Morgan fingerprint density at radius 3 is 2.72 bits per heavy atom. The molecule has 1 heterocycles. The van der Waals surface area contributed by atoms with E-state index in [1.165, 1.54) is 11.6 Å². The van der Waals surface area contributed by atoms with Crippen LogP contribution in [0.25, 0.3) is 0 Å². The number of halogens is 1. The molecule has 0 aromatic heterocycles. The number of carbonyl (C=O) groups is 1. The Kier molecular flexibility index (Phi) is 5.63. The second kappa shape index (κ2) is 7.91. The molecule has 1 atom stereocenters. The van der Waals surface area contributed by atoms with Crippen LogP contribution in [0.1, 0.15) is 28.4 Å². The van der Waals surface area contributed by atoms with Gasteiger partial charge in [-0.2, -0.15) is 11.8 Å². The van der Waals surface area contributed by atoms with Crippen LogP contribution in [-0.4, -0.2) is 29.8 Å². The Labute approximate surface area is 152 Å². The lowest BCUT2D eigenvalue weighted by Crippen LogP contribution is -2.36. The van der Waals surface area contributed by atoms with E-state index in [-0.39, 0.29) is 17.1 Å². The lowest BCUT2D eigenvalue weighted by atomic mass is 10.1. The molecule has 1 N–H and O–H groups in total. The molecule has 1 fully saturated rings. The van der Waals surface area contributed by atoms with Crippen molar-refractivity contribution in [2.24, 2.45) is 0 Å². The quantitative estimate of drug-likeness (QED) is 0.805. The lowest BCUT2D eigenvalue weighted by Gasteiger charge is -2.21. The number of benzene rings is 2. The Morgan fingerprint density at radius 2 is 1.96 bits per heavy atom. The molecule has 2 aromatic carbocycles. The van der Waals surface area contributed by atoms with Gasteiger partial charge < -0.3 is 10.2 Å². The molecule has 25 heavy (non-hydrogen) atoms. The van der Waals surface area contributed by atoms with Crippen LogP contribution in [0.15, 0.2) is 42.5 Å². The van der Waals surface area contributed by atoms with Gasteiger partial charge in [0.15, 0.2) is 0 Å². The van der Waals surface area contributed by atoms with Gasteiger partial charge in [-0.1, -0.05) is 24.3 Å². The van der Waals surface area contributed by atoms with Crippen molar-refractivity contribution in [3.8, 4) is 0 Å². The number of thioether (sulfide) groups is 1. The average Bonchev–Trinajstić information content (AvgIpc) is 2.85. The van der Waals surface area contributed by atoms with Crippen molar-refractivity contribution < 1.29 is 9.18 Å². The minimum Gasteiger partial charge on any atom is -0.324 e. The van der Waals surface area contributed by atoms with Crippen LogP contribution >= 0.6 is 11.8 Å². The number of amides is 2. The van der Waals surface area contributed by atoms with E-state index >= 15 is 0 Å². The van der Waals surface area contributed by atoms with Gasteiger partial charge in [0.1, 0.15) is 5.82 Å². The number of rotatable bonds is 2. The SMILES string of the molecule is Cc1ccc(NC(=O)N2CCSC(c3ccccc3F)CC2)cc1C. The highest BCUT2D eigenvalue weighted by Crippen LogP contribution is 2.35. The van der Waals surface area contributed by atoms with Gasteiger partial charge in [-0.05, 0) is 49.6 Å². The lowest BCUT2D eigenvalue weighted by molar-refractivity contribution is 0.215. The van der Waals surface area contributed by atoms with Gasteiger partial charge in [-0.3, -0.25) is 0 Å². The van der Waals surface area contributed by atoms with Crippen LogP contribution in [0, 0.1) is 19.7 Å². The molecule has 3 nitrogen and oxygen atoms in total. The summed E-state index contributed by atoms with van der Waals surface area (Å²) in [5.41, 5.74) is 3.92. The first kappa shape index (κ1) is 17.8. The zero-order chi connectivity index (χ0) is 17.8. The van der Waals surface area contributed by atoms with Crippen molar-refractivity contribution in [2.75, 3.05) is 24.2 Å². The van der Waals surface area contributed by atoms with Crippen molar-refractivity contribution in [1.82, 2.24) is 4.90 Å². The molecule has 2 amide bonds. The molecule has 0 saturated carbocycles. The maximum absolute atomic E-state index is 14.0. The van der Waals surface area contributed by atoms with E-state index in [2.05, 4.69) is 12.2 Å². The van der Waals surface area contributed by atoms with Crippen LogP contribution in [0.4, 0.5) is 14.9 Å². The van der Waals surface area contributed by atoms with Gasteiger partial charge in [-0.15, -0.1) is 0 Å². The molecule has 5 heteroatoms. The summed E-state index contributed by atoms with van der Waals surface area (Å²) in [6.45, 7) is 5.39. The first-order valence-electron chi connectivity index (χ1n) is 8.54. The summed E-state index contributed by atoms with van der Waals surface area (Å²) in [7, 11) is 0. The summed E-state index contributed by atoms with van der Waals surface area (Å²) in [6.07, 6.45) is 0.756. The Morgan fingerprint density at radius 1 is 1.16 bits per heavy atom. The molecule has 0 bridgehead atoms. The third-order valence-electron chi connectivity index (χ3n) is 4.64. The summed E-state index contributed by atoms with van der Waals surface area (Å²) < 4.78 is 14.0. The van der Waals surface area contributed by atoms with Crippen LogP contribution in [0.2, 0.25) is 0 Å². The highest BCUT2D eigenvalue weighted by molar-refractivity contribution is 7.99. The molecule has 1 aliphatic rings. The number of nitrogens with zero attached hydrogens (tertiary/aromatic N) is 1. The van der Waals surface area contributed by atoms with Crippen molar-refractivity contribution >= 4 is 23.5 Å². The van der Waals surface area contributed by atoms with Crippen LogP contribution in [0.3, 0.4) is 0 Å². The van der Waals surface area contributed by atoms with Gasteiger partial charge in [-0.25, -0.2) is 9.18 Å². The van der Waals surface area contributed by atoms with Crippen molar-refractivity contribution in [3.05, 3.63) is 65.0 Å². The van der Waals surface area contributed by atoms with Gasteiger partial charge in [0, 0.05) is 35.3 Å². The number of hydrogen-bond donors (Lipinski definition) is 1. The first-order chi connectivity index (χ1) is 12.0. The number of nitrogens with one attached hydrogen (secondary N) is 1. The monoisotopic (exact) mass is 358 g/mol. The van der Waals surface area contributed by atoms with Gasteiger partial charge in [0.2, 0.25) is 0 Å². The fraction of sp³-hybridized carbons (Fsp3) is 0.350. The van der Waals surface area contributed by atoms with Crippen molar-refractivity contribution in [3.63, 3.8) is 0 Å². The molecule has 1 aliphatic heterocycles. The first-order valence-corrected chi connectivity index (χ1v) is 9.58. The maximum atomic E-state index is 14.0. The molecule has 0 aliphatic carbocycles. The topological polar surface area (TPSA) is 32.3 Å². The van der Waals surface area contributed by atoms with E-state index in [1.807, 2.05) is 42.2 Å². The third-order valence-corrected chi connectivity index (χ3v) is 5.95. The molecule has 1 unspecified atom stereocenters. The van der Waals surface area contributed by atoms with Crippen LogP contribution in [0.5, 0.6) is 0 Å². The molecule has 132 valence electrons. The van der Waals surface area contributed by atoms with E-state index in [0.29, 0.717) is 13.1 Å². The molecule has 2 aromatic rings. The van der Waals surface area contributed by atoms with E-state index in [0.717, 1.165) is 29.0 Å². The normalized spacial score (nSPS) is 17.9. The largest absolute Gasteiger partial charge is 0.324 e. The summed E-state index contributed by atoms with van der Waals surface area (Å²) in [4.78, 5) is 14.4. The van der Waals surface area contributed by atoms with Crippen LogP contribution in [-0.2, 0) is 0 Å². The van der Waals surface area contributed by atoms with E-state index in [9.17, 15) is 9.18 Å². The van der Waals surface area contributed by atoms with Crippen molar-refractivity contribution in [1.29, 1.82) is 0 Å². The Hall–Kier alpha value is -2.01. The molecule has 0 radical (unpaired) electrons. The number of anilines is 1. The number of carbonyl (C=O) groups excluding carboxylic acids is 1. The number of hydrogen-bond acceptors (Lipinski definition) is 2. The molecule has 3 rings (SSSR count). The predicted molar refractivity (Wildman–Crippen MR) is 103 cm³/mol. The predicted octanol–water partition coefficient (Wildman–Crippen LogP) is 5.15. The van der Waals surface area contributed by atoms with E-state index < -0.39 is 0 Å². The highest BCUT2D eigenvalue weighted by atomic mass is 32.2. The molecule has 1 saturated heterocycles. The van der Waals surface area contributed by atoms with Gasteiger partial charge in [0.05, 0.1) is 0 Å². The summed E-state index contributed by atoms with van der Waals surface area (Å²) in [5.74, 6) is 0.646.